The maximum absolute atomic E-state index is 8.23. The summed E-state index contributed by atoms with van der Waals surface area (Å²) < 4.78 is 6.35. The number of imidazole rings is 3. The van der Waals surface area contributed by atoms with Gasteiger partial charge in [0.05, 0.1) is 22.8 Å². The molecule has 9 rings (SSSR count). The van der Waals surface area contributed by atoms with E-state index in [1.807, 2.05) is 110 Å². The molecule has 0 aliphatic carbocycles. The number of para-hydroxylation sites is 3. The molecule has 0 saturated heterocycles. The van der Waals surface area contributed by atoms with Crippen LogP contribution in [0, 0.1) is 19.3 Å². The Balaban J connectivity index is 1.39. The van der Waals surface area contributed by atoms with Gasteiger partial charge >= 0.3 is 0 Å². The van der Waals surface area contributed by atoms with Crippen LogP contribution in [0.2, 0.25) is 0 Å². The monoisotopic (exact) mass is 701 g/mol. The van der Waals surface area contributed by atoms with Gasteiger partial charge in [0.15, 0.2) is 11.3 Å². The van der Waals surface area contributed by atoms with Crippen molar-refractivity contribution in [2.45, 2.75) is 20.8 Å². The first-order valence-corrected chi connectivity index (χ1v) is 17.8. The van der Waals surface area contributed by atoms with E-state index in [0.717, 1.165) is 90.1 Å². The molecule has 0 fully saturated rings. The predicted octanol–water partition coefficient (Wildman–Crippen LogP) is 9.99. The normalized spacial score (nSPS) is 11.6. The van der Waals surface area contributed by atoms with Gasteiger partial charge in [-0.25, -0.2) is 24.9 Å². The molecule has 4 aromatic carbocycles. The molecular formula is C45H35N9. The number of pyridine rings is 2. The number of hydrogen-bond donors (Lipinski definition) is 1. The molecule has 9 nitrogen and oxygen atoms in total. The molecular weight excluding hydrogens is 667 g/mol. The fourth-order valence-corrected chi connectivity index (χ4v) is 7.18. The molecule has 0 aliphatic heterocycles. The van der Waals surface area contributed by atoms with Crippen molar-refractivity contribution in [1.29, 1.82) is 5.41 Å². The van der Waals surface area contributed by atoms with E-state index in [1.165, 1.54) is 6.21 Å². The van der Waals surface area contributed by atoms with Crippen molar-refractivity contribution >= 4 is 34.6 Å². The highest BCUT2D eigenvalue weighted by molar-refractivity contribution is 5.87. The molecule has 0 radical (unpaired) electrons. The Hall–Kier alpha value is -7.26. The lowest BCUT2D eigenvalue weighted by atomic mass is 10.0. The van der Waals surface area contributed by atoms with Crippen molar-refractivity contribution in [2.24, 2.45) is 0 Å². The SMILES string of the molecule is C/C=C\c1cn(-c2ccccc2C=N)c(-c2cc(-c3nc4cccnc4n3-c3ccccc3C)cc(-c3nc4cccnc4n3-c3ccccc3C)c2)n1. The summed E-state index contributed by atoms with van der Waals surface area (Å²) in [7, 11) is 0. The summed E-state index contributed by atoms with van der Waals surface area (Å²) in [5, 5.41) is 8.23. The van der Waals surface area contributed by atoms with Gasteiger partial charge in [0.25, 0.3) is 0 Å². The zero-order chi connectivity index (χ0) is 36.8. The number of nitrogens with zero attached hydrogens (tertiary/aromatic N) is 8. The summed E-state index contributed by atoms with van der Waals surface area (Å²) in [6.07, 6.45) is 11.0. The second kappa shape index (κ2) is 13.4. The van der Waals surface area contributed by atoms with Crippen molar-refractivity contribution in [3.63, 3.8) is 0 Å². The minimum absolute atomic E-state index is 0.717. The number of aryl methyl sites for hydroxylation is 2. The molecule has 260 valence electrons. The highest BCUT2D eigenvalue weighted by Gasteiger charge is 2.23. The van der Waals surface area contributed by atoms with Gasteiger partial charge in [-0.1, -0.05) is 60.7 Å². The quantitative estimate of drug-likeness (QED) is 0.159. The number of rotatable bonds is 8. The van der Waals surface area contributed by atoms with Gasteiger partial charge < -0.3 is 5.41 Å². The Morgan fingerprint density at radius 3 is 1.57 bits per heavy atom. The van der Waals surface area contributed by atoms with Crippen LogP contribution in [0.25, 0.3) is 79.6 Å². The van der Waals surface area contributed by atoms with E-state index in [0.29, 0.717) is 5.82 Å². The summed E-state index contributed by atoms with van der Waals surface area (Å²) in [5.74, 6) is 2.20. The number of allylic oxidation sites excluding steroid dienone is 1. The maximum Gasteiger partial charge on any atom is 0.164 e. The van der Waals surface area contributed by atoms with Crippen molar-refractivity contribution in [2.75, 3.05) is 0 Å². The number of benzene rings is 4. The molecule has 0 unspecified atom stereocenters. The van der Waals surface area contributed by atoms with E-state index < -0.39 is 0 Å². The van der Waals surface area contributed by atoms with Crippen molar-refractivity contribution in [3.05, 3.63) is 162 Å². The summed E-state index contributed by atoms with van der Waals surface area (Å²) >= 11 is 0. The summed E-state index contributed by atoms with van der Waals surface area (Å²) in [6, 6.07) is 38.8. The van der Waals surface area contributed by atoms with E-state index in [1.54, 1.807) is 0 Å². The van der Waals surface area contributed by atoms with Gasteiger partial charge in [-0.2, -0.15) is 0 Å². The van der Waals surface area contributed by atoms with Gasteiger partial charge in [0.2, 0.25) is 0 Å². The van der Waals surface area contributed by atoms with Crippen molar-refractivity contribution in [3.8, 4) is 51.2 Å². The molecule has 0 atom stereocenters. The third-order valence-corrected chi connectivity index (χ3v) is 9.67. The molecule has 0 amide bonds. The first kappa shape index (κ1) is 32.6. The average Bonchev–Trinajstić information content (AvgIpc) is 3.92. The lowest BCUT2D eigenvalue weighted by molar-refractivity contribution is 1.05. The average molecular weight is 702 g/mol. The smallest absolute Gasteiger partial charge is 0.164 e. The predicted molar refractivity (Wildman–Crippen MR) is 217 cm³/mol. The van der Waals surface area contributed by atoms with Gasteiger partial charge in [-0.15, -0.1) is 0 Å². The highest BCUT2D eigenvalue weighted by atomic mass is 15.1. The largest absolute Gasteiger partial charge is 0.308 e. The Morgan fingerprint density at radius 2 is 1.06 bits per heavy atom. The van der Waals surface area contributed by atoms with Gasteiger partial charge in [-0.05, 0) is 98.6 Å². The highest BCUT2D eigenvalue weighted by Crippen LogP contribution is 2.38. The number of aromatic nitrogens is 8. The fourth-order valence-electron chi connectivity index (χ4n) is 7.18. The minimum Gasteiger partial charge on any atom is -0.308 e. The zero-order valence-corrected chi connectivity index (χ0v) is 30.0. The molecule has 0 bridgehead atoms. The van der Waals surface area contributed by atoms with E-state index in [9.17, 15) is 0 Å². The number of nitrogens with one attached hydrogen (secondary N) is 1. The first-order chi connectivity index (χ1) is 26.5. The third kappa shape index (κ3) is 5.50. The summed E-state index contributed by atoms with van der Waals surface area (Å²) in [6.45, 7) is 6.19. The second-order valence-electron chi connectivity index (χ2n) is 13.2. The molecule has 54 heavy (non-hydrogen) atoms. The van der Waals surface area contributed by atoms with Crippen LogP contribution in [-0.4, -0.2) is 44.8 Å². The Labute approximate surface area is 312 Å². The maximum atomic E-state index is 8.23. The van der Waals surface area contributed by atoms with Crippen LogP contribution in [0.1, 0.15) is 29.3 Å². The van der Waals surface area contributed by atoms with Crippen LogP contribution in [0.4, 0.5) is 0 Å². The summed E-state index contributed by atoms with van der Waals surface area (Å²) in [4.78, 5) is 25.3. The van der Waals surface area contributed by atoms with E-state index in [-0.39, 0.29) is 0 Å². The van der Waals surface area contributed by atoms with Crippen LogP contribution in [-0.2, 0) is 0 Å². The lowest BCUT2D eigenvalue weighted by Gasteiger charge is -2.16. The van der Waals surface area contributed by atoms with Crippen molar-refractivity contribution in [1.82, 2.24) is 38.6 Å². The van der Waals surface area contributed by atoms with Crippen LogP contribution >= 0.6 is 0 Å². The molecule has 0 spiro atoms. The zero-order valence-electron chi connectivity index (χ0n) is 30.0. The van der Waals surface area contributed by atoms with E-state index >= 15 is 0 Å². The van der Waals surface area contributed by atoms with E-state index in [4.69, 9.17) is 30.3 Å². The molecule has 1 N–H and O–H groups in total. The minimum atomic E-state index is 0.717. The standard InChI is InChI=1S/C45H35N9/c1-4-13-35-28-52(40-21-10-7-16-31(40)27-46)41(49-35)32-24-33(42-50-36-17-11-22-47-44(36)53(42)38-19-8-5-14-29(38)2)26-34(25-32)43-51-37-18-12-23-48-45(37)54(43)39-20-9-6-15-30(39)3/h4-28,46H,1-3H3/b13-4-,46-27?. The summed E-state index contributed by atoms with van der Waals surface area (Å²) in [5.41, 5.74) is 12.3. The van der Waals surface area contributed by atoms with Gasteiger partial charge in [-0.3, -0.25) is 13.7 Å². The Kier molecular flexibility index (Phi) is 8.08. The van der Waals surface area contributed by atoms with Crippen LogP contribution in [0.3, 0.4) is 0 Å². The van der Waals surface area contributed by atoms with E-state index in [2.05, 4.69) is 70.0 Å². The topological polar surface area (TPSA) is 103 Å². The second-order valence-corrected chi connectivity index (χ2v) is 13.2. The fraction of sp³-hybridized carbons (Fsp3) is 0.0667. The molecule has 0 aliphatic rings. The third-order valence-electron chi connectivity index (χ3n) is 9.67. The van der Waals surface area contributed by atoms with Gasteiger partial charge in [0, 0.05) is 47.1 Å². The molecule has 5 heterocycles. The van der Waals surface area contributed by atoms with Crippen LogP contribution in [0.5, 0.6) is 0 Å². The lowest BCUT2D eigenvalue weighted by Crippen LogP contribution is -2.04. The molecule has 0 saturated carbocycles. The number of hydrogen-bond acceptors (Lipinski definition) is 6. The van der Waals surface area contributed by atoms with Crippen LogP contribution in [0.15, 0.2) is 140 Å². The number of fused-ring (bicyclic) bond motifs is 2. The molecule has 9 aromatic rings. The van der Waals surface area contributed by atoms with Crippen molar-refractivity contribution < 1.29 is 0 Å². The molecule has 5 aromatic heterocycles. The Morgan fingerprint density at radius 1 is 0.556 bits per heavy atom. The van der Waals surface area contributed by atoms with Gasteiger partial charge in [0.1, 0.15) is 28.5 Å². The van der Waals surface area contributed by atoms with Crippen LogP contribution < -0.4 is 0 Å². The Bertz CT molecular complexity index is 2760. The first-order valence-electron chi connectivity index (χ1n) is 17.8. The molecule has 9 heteroatoms.